The number of para-hydroxylation sites is 1. The fourth-order valence-corrected chi connectivity index (χ4v) is 4.19. The van der Waals surface area contributed by atoms with Crippen LogP contribution in [-0.2, 0) is 4.79 Å². The van der Waals surface area contributed by atoms with E-state index in [1.807, 2.05) is 5.38 Å². The highest BCUT2D eigenvalue weighted by molar-refractivity contribution is 7.12. The Morgan fingerprint density at radius 2 is 1.83 bits per heavy atom. The summed E-state index contributed by atoms with van der Waals surface area (Å²) in [5, 5.41) is 7.79. The monoisotopic (exact) mass is 439 g/mol. The van der Waals surface area contributed by atoms with Crippen LogP contribution in [0.3, 0.4) is 0 Å². The first kappa shape index (κ1) is 20.1. The van der Waals surface area contributed by atoms with Gasteiger partial charge in [0, 0.05) is 18.7 Å². The van der Waals surface area contributed by atoms with Crippen LogP contribution in [0.1, 0.15) is 32.9 Å². The number of anilines is 3. The maximum absolute atomic E-state index is 12.8. The van der Waals surface area contributed by atoms with Crippen LogP contribution < -0.4 is 15.5 Å². The lowest BCUT2D eigenvalue weighted by molar-refractivity contribution is -0.117. The van der Waals surface area contributed by atoms with Crippen LogP contribution in [0.25, 0.3) is 0 Å². The summed E-state index contributed by atoms with van der Waals surface area (Å²) in [7, 11) is 0. The van der Waals surface area contributed by atoms with Crippen molar-refractivity contribution in [3.63, 3.8) is 0 Å². The summed E-state index contributed by atoms with van der Waals surface area (Å²) in [6.45, 7) is 0.640. The highest BCUT2D eigenvalue weighted by Crippen LogP contribution is 2.32. The normalized spacial score (nSPS) is 13.4. The Balaban J connectivity index is 1.51. The van der Waals surface area contributed by atoms with Gasteiger partial charge >= 0.3 is 0 Å². The molecule has 1 aliphatic rings. The first-order chi connectivity index (χ1) is 14.5. The fourth-order valence-electron chi connectivity index (χ4n) is 3.29. The second-order valence-electron chi connectivity index (χ2n) is 6.75. The molecule has 8 heteroatoms. The molecule has 2 aromatic carbocycles. The lowest BCUT2D eigenvalue weighted by Crippen LogP contribution is -2.24. The third kappa shape index (κ3) is 4.22. The molecule has 152 valence electrons. The first-order valence-electron chi connectivity index (χ1n) is 9.38. The van der Waals surface area contributed by atoms with Crippen molar-refractivity contribution in [3.05, 3.63) is 75.4 Å². The minimum absolute atomic E-state index is 0.0455. The van der Waals surface area contributed by atoms with Crippen molar-refractivity contribution >= 4 is 57.7 Å². The van der Waals surface area contributed by atoms with Crippen LogP contribution in [0.4, 0.5) is 17.1 Å². The Morgan fingerprint density at radius 3 is 2.53 bits per heavy atom. The number of nitrogens with zero attached hydrogens (tertiary/aromatic N) is 1. The number of nitrogens with one attached hydrogen (secondary N) is 2. The van der Waals surface area contributed by atoms with Gasteiger partial charge in [0.2, 0.25) is 5.91 Å². The van der Waals surface area contributed by atoms with E-state index in [1.54, 1.807) is 59.5 Å². The van der Waals surface area contributed by atoms with Gasteiger partial charge in [-0.15, -0.1) is 11.3 Å². The minimum atomic E-state index is -0.377. The van der Waals surface area contributed by atoms with Gasteiger partial charge in [0.25, 0.3) is 11.8 Å². The predicted molar refractivity (Wildman–Crippen MR) is 120 cm³/mol. The summed E-state index contributed by atoms with van der Waals surface area (Å²) in [4.78, 5) is 39.4. The number of rotatable bonds is 5. The molecule has 30 heavy (non-hydrogen) atoms. The Hall–Kier alpha value is -3.16. The van der Waals surface area contributed by atoms with Crippen LogP contribution >= 0.6 is 22.9 Å². The number of amides is 3. The van der Waals surface area contributed by atoms with E-state index >= 15 is 0 Å². The molecular weight excluding hydrogens is 422 g/mol. The molecule has 2 N–H and O–H groups in total. The zero-order chi connectivity index (χ0) is 21.1. The van der Waals surface area contributed by atoms with Gasteiger partial charge in [0.15, 0.2) is 0 Å². The van der Waals surface area contributed by atoms with Crippen molar-refractivity contribution in [2.75, 3.05) is 22.1 Å². The van der Waals surface area contributed by atoms with E-state index in [0.717, 1.165) is 6.42 Å². The summed E-state index contributed by atoms with van der Waals surface area (Å²) in [5.41, 5.74) is 1.89. The van der Waals surface area contributed by atoms with Crippen molar-refractivity contribution in [1.29, 1.82) is 0 Å². The number of halogens is 1. The van der Waals surface area contributed by atoms with Crippen LogP contribution in [0.2, 0.25) is 5.02 Å². The number of carbonyl (C=O) groups is 3. The average Bonchev–Trinajstić information content (AvgIpc) is 3.41. The summed E-state index contributed by atoms with van der Waals surface area (Å²) in [5.74, 6) is -0.602. The predicted octanol–water partition coefficient (Wildman–Crippen LogP) is 5.03. The third-order valence-corrected chi connectivity index (χ3v) is 5.91. The largest absolute Gasteiger partial charge is 0.322 e. The lowest BCUT2D eigenvalue weighted by Gasteiger charge is -2.18. The Labute approximate surface area is 182 Å². The SMILES string of the molecule is O=C(Nc1ccccc1C(=O)Nc1ccc(N2CCCC2=O)c(Cl)c1)c1cccs1. The summed E-state index contributed by atoms with van der Waals surface area (Å²) < 4.78 is 0. The molecule has 1 saturated heterocycles. The van der Waals surface area contributed by atoms with Gasteiger partial charge in [-0.25, -0.2) is 0 Å². The van der Waals surface area contributed by atoms with E-state index in [9.17, 15) is 14.4 Å². The molecular formula is C22H18ClN3O3S. The second-order valence-corrected chi connectivity index (χ2v) is 8.10. The smallest absolute Gasteiger partial charge is 0.265 e. The average molecular weight is 440 g/mol. The molecule has 6 nitrogen and oxygen atoms in total. The number of carbonyl (C=O) groups excluding carboxylic acids is 3. The van der Waals surface area contributed by atoms with Gasteiger partial charge in [-0.3, -0.25) is 14.4 Å². The van der Waals surface area contributed by atoms with Gasteiger partial charge in [-0.2, -0.15) is 0 Å². The number of benzene rings is 2. The molecule has 0 aliphatic carbocycles. The first-order valence-corrected chi connectivity index (χ1v) is 10.6. The maximum atomic E-state index is 12.8. The van der Waals surface area contributed by atoms with E-state index < -0.39 is 0 Å². The molecule has 3 aromatic rings. The van der Waals surface area contributed by atoms with Gasteiger partial charge in [-0.05, 0) is 48.2 Å². The molecule has 1 fully saturated rings. The van der Waals surface area contributed by atoms with Crippen molar-refractivity contribution in [1.82, 2.24) is 0 Å². The Kier molecular flexibility index (Phi) is 5.83. The van der Waals surface area contributed by atoms with E-state index in [0.29, 0.717) is 45.5 Å². The molecule has 0 saturated carbocycles. The number of hydrogen-bond donors (Lipinski definition) is 2. The van der Waals surface area contributed by atoms with E-state index in [4.69, 9.17) is 11.6 Å². The van der Waals surface area contributed by atoms with Gasteiger partial charge in [0.1, 0.15) is 0 Å². The molecule has 0 unspecified atom stereocenters. The van der Waals surface area contributed by atoms with Gasteiger partial charge < -0.3 is 15.5 Å². The molecule has 0 spiro atoms. The lowest BCUT2D eigenvalue weighted by atomic mass is 10.1. The molecule has 1 aliphatic heterocycles. The van der Waals surface area contributed by atoms with Gasteiger partial charge in [0.05, 0.1) is 26.8 Å². The second kappa shape index (κ2) is 8.69. The maximum Gasteiger partial charge on any atom is 0.265 e. The van der Waals surface area contributed by atoms with E-state index in [-0.39, 0.29) is 17.7 Å². The zero-order valence-electron chi connectivity index (χ0n) is 15.9. The highest BCUT2D eigenvalue weighted by atomic mass is 35.5. The van der Waals surface area contributed by atoms with Crippen LogP contribution in [0.15, 0.2) is 60.0 Å². The van der Waals surface area contributed by atoms with Crippen molar-refractivity contribution in [2.45, 2.75) is 12.8 Å². The number of thiophene rings is 1. The molecule has 3 amide bonds. The molecule has 2 heterocycles. The zero-order valence-corrected chi connectivity index (χ0v) is 17.4. The summed E-state index contributed by atoms with van der Waals surface area (Å²) in [6.07, 6.45) is 1.32. The number of hydrogen-bond acceptors (Lipinski definition) is 4. The molecule has 4 rings (SSSR count). The summed E-state index contributed by atoms with van der Waals surface area (Å²) in [6, 6.07) is 15.4. The van der Waals surface area contributed by atoms with Crippen molar-refractivity contribution in [3.8, 4) is 0 Å². The quantitative estimate of drug-likeness (QED) is 0.585. The highest BCUT2D eigenvalue weighted by Gasteiger charge is 2.24. The van der Waals surface area contributed by atoms with Crippen molar-refractivity contribution < 1.29 is 14.4 Å². The topological polar surface area (TPSA) is 78.5 Å². The molecule has 0 bridgehead atoms. The molecule has 0 atom stereocenters. The summed E-state index contributed by atoms with van der Waals surface area (Å²) >= 11 is 7.69. The van der Waals surface area contributed by atoms with Crippen LogP contribution in [0.5, 0.6) is 0 Å². The van der Waals surface area contributed by atoms with Crippen molar-refractivity contribution in [2.24, 2.45) is 0 Å². The molecule has 0 radical (unpaired) electrons. The Bertz CT molecular complexity index is 1110. The fraction of sp³-hybridized carbons (Fsp3) is 0.136. The van der Waals surface area contributed by atoms with E-state index in [1.165, 1.54) is 11.3 Å². The Morgan fingerprint density at radius 1 is 1.00 bits per heavy atom. The van der Waals surface area contributed by atoms with Gasteiger partial charge in [-0.1, -0.05) is 29.8 Å². The van der Waals surface area contributed by atoms with Crippen LogP contribution in [0, 0.1) is 0 Å². The minimum Gasteiger partial charge on any atom is -0.322 e. The standard InChI is InChI=1S/C22H18ClN3O3S/c23-16-13-14(9-10-18(16)26-11-3-8-20(26)27)24-21(28)15-5-1-2-6-17(15)25-22(29)19-7-4-12-30-19/h1-2,4-7,9-10,12-13H,3,8,11H2,(H,24,28)(H,25,29). The van der Waals surface area contributed by atoms with Crippen LogP contribution in [-0.4, -0.2) is 24.3 Å². The molecule has 1 aromatic heterocycles. The third-order valence-electron chi connectivity index (χ3n) is 4.73. The van der Waals surface area contributed by atoms with E-state index in [2.05, 4.69) is 10.6 Å².